The van der Waals surface area contributed by atoms with Gasteiger partial charge in [-0.15, -0.1) is 0 Å². The number of carbonyl (C=O) groups is 2. The number of hydrogen-bond donors (Lipinski definition) is 3. The summed E-state index contributed by atoms with van der Waals surface area (Å²) in [6.45, 7) is -0.462. The van der Waals surface area contributed by atoms with E-state index in [4.69, 9.17) is 10.8 Å². The molecule has 0 saturated heterocycles. The Hall–Kier alpha value is -2.64. The fourth-order valence-electron chi connectivity index (χ4n) is 1.16. The summed E-state index contributed by atoms with van der Waals surface area (Å²) < 4.78 is 0. The number of carbonyl (C=O) groups excluding carboxylic acids is 1. The molecule has 0 atom stereocenters. The lowest BCUT2D eigenvalue weighted by molar-refractivity contribution is -0.384. The molecule has 0 aliphatic carbocycles. The number of anilines is 1. The first-order valence-electron chi connectivity index (χ1n) is 4.45. The molecule has 0 spiro atoms. The quantitative estimate of drug-likeness (QED) is 0.495. The predicted molar refractivity (Wildman–Crippen MR) is 57.7 cm³/mol. The molecule has 0 fully saturated rings. The number of primary amides is 1. The topological polar surface area (TPSA) is 136 Å². The number of hydrogen-bond acceptors (Lipinski definition) is 5. The Morgan fingerprint density at radius 1 is 1.47 bits per heavy atom. The Kier molecular flexibility index (Phi) is 3.60. The summed E-state index contributed by atoms with van der Waals surface area (Å²) in [5.74, 6) is -1.95. The van der Waals surface area contributed by atoms with Crippen LogP contribution >= 0.6 is 0 Å². The minimum atomic E-state index is -1.15. The number of benzene rings is 1. The summed E-state index contributed by atoms with van der Waals surface area (Å²) >= 11 is 0. The standard InChI is InChI=1S/C9H9N3O5/c10-9(15)5-1-2-6(11-4-8(13)14)7(3-5)12(16)17/h1-3,11H,4H2,(H2,10,15)(H,13,14). The summed E-state index contributed by atoms with van der Waals surface area (Å²) in [6.07, 6.45) is 0. The number of nitrogens with two attached hydrogens (primary N) is 1. The maximum Gasteiger partial charge on any atom is 0.322 e. The third-order valence-corrected chi connectivity index (χ3v) is 1.91. The highest BCUT2D eigenvalue weighted by atomic mass is 16.6. The first-order valence-corrected chi connectivity index (χ1v) is 4.45. The molecule has 0 aliphatic rings. The largest absolute Gasteiger partial charge is 0.480 e. The summed E-state index contributed by atoms with van der Waals surface area (Å²) in [7, 11) is 0. The first kappa shape index (κ1) is 12.4. The fourth-order valence-corrected chi connectivity index (χ4v) is 1.16. The van der Waals surface area contributed by atoms with E-state index in [9.17, 15) is 19.7 Å². The van der Waals surface area contributed by atoms with Crippen molar-refractivity contribution >= 4 is 23.3 Å². The summed E-state index contributed by atoms with van der Waals surface area (Å²) in [6, 6.07) is 3.51. The molecular formula is C9H9N3O5. The third-order valence-electron chi connectivity index (χ3n) is 1.91. The minimum absolute atomic E-state index is 0.0161. The Labute approximate surface area is 95.2 Å². The monoisotopic (exact) mass is 239 g/mol. The molecule has 17 heavy (non-hydrogen) atoms. The van der Waals surface area contributed by atoms with Gasteiger partial charge in [-0.1, -0.05) is 0 Å². The van der Waals surface area contributed by atoms with Crippen LogP contribution in [0.25, 0.3) is 0 Å². The van der Waals surface area contributed by atoms with Crippen molar-refractivity contribution < 1.29 is 19.6 Å². The molecule has 0 aliphatic heterocycles. The van der Waals surface area contributed by atoms with Gasteiger partial charge in [0, 0.05) is 11.6 Å². The highest BCUT2D eigenvalue weighted by molar-refractivity contribution is 5.94. The Morgan fingerprint density at radius 2 is 2.12 bits per heavy atom. The van der Waals surface area contributed by atoms with Gasteiger partial charge in [-0.3, -0.25) is 19.7 Å². The van der Waals surface area contributed by atoms with E-state index >= 15 is 0 Å². The number of aliphatic carboxylic acids is 1. The zero-order chi connectivity index (χ0) is 13.0. The zero-order valence-corrected chi connectivity index (χ0v) is 8.54. The number of rotatable bonds is 5. The first-order chi connectivity index (χ1) is 7.91. The van der Waals surface area contributed by atoms with Gasteiger partial charge in [0.2, 0.25) is 5.91 Å². The van der Waals surface area contributed by atoms with Crippen LogP contribution in [-0.2, 0) is 4.79 Å². The van der Waals surface area contributed by atoms with E-state index in [1.165, 1.54) is 12.1 Å². The van der Waals surface area contributed by atoms with E-state index in [-0.39, 0.29) is 11.3 Å². The average molecular weight is 239 g/mol. The summed E-state index contributed by atoms with van der Waals surface area (Å²) in [5, 5.41) is 21.5. The molecular weight excluding hydrogens is 230 g/mol. The molecule has 0 radical (unpaired) electrons. The van der Waals surface area contributed by atoms with E-state index in [0.717, 1.165) is 6.07 Å². The van der Waals surface area contributed by atoms with Crippen molar-refractivity contribution in [2.24, 2.45) is 5.73 Å². The van der Waals surface area contributed by atoms with Gasteiger partial charge < -0.3 is 16.2 Å². The second-order valence-corrected chi connectivity index (χ2v) is 3.10. The van der Waals surface area contributed by atoms with Gasteiger partial charge >= 0.3 is 5.97 Å². The maximum atomic E-state index is 10.8. The van der Waals surface area contributed by atoms with Gasteiger partial charge in [-0.2, -0.15) is 0 Å². The number of carboxylic acid groups (broad SMARTS) is 1. The second-order valence-electron chi connectivity index (χ2n) is 3.10. The minimum Gasteiger partial charge on any atom is -0.480 e. The van der Waals surface area contributed by atoms with Crippen LogP contribution in [0.4, 0.5) is 11.4 Å². The molecule has 1 aromatic rings. The predicted octanol–water partition coefficient (Wildman–Crippen LogP) is 0.190. The number of nitrogens with zero attached hydrogens (tertiary/aromatic N) is 1. The molecule has 8 heteroatoms. The zero-order valence-electron chi connectivity index (χ0n) is 8.54. The van der Waals surface area contributed by atoms with Crippen molar-refractivity contribution in [2.75, 3.05) is 11.9 Å². The molecule has 0 bridgehead atoms. The number of nitrogens with one attached hydrogen (secondary N) is 1. The molecule has 1 aromatic carbocycles. The van der Waals surface area contributed by atoms with Crippen LogP contribution in [0.3, 0.4) is 0 Å². The molecule has 8 nitrogen and oxygen atoms in total. The lowest BCUT2D eigenvalue weighted by Gasteiger charge is -2.05. The van der Waals surface area contributed by atoms with Gasteiger partial charge in [-0.05, 0) is 12.1 Å². The molecule has 0 aromatic heterocycles. The van der Waals surface area contributed by atoms with Crippen LogP contribution in [0, 0.1) is 10.1 Å². The highest BCUT2D eigenvalue weighted by Crippen LogP contribution is 2.25. The van der Waals surface area contributed by atoms with Gasteiger partial charge in [0.15, 0.2) is 0 Å². The molecule has 0 heterocycles. The van der Waals surface area contributed by atoms with E-state index in [2.05, 4.69) is 5.32 Å². The lowest BCUT2D eigenvalue weighted by Crippen LogP contribution is -2.15. The van der Waals surface area contributed by atoms with Crippen molar-refractivity contribution in [1.82, 2.24) is 0 Å². The van der Waals surface area contributed by atoms with Crippen LogP contribution in [0.5, 0.6) is 0 Å². The van der Waals surface area contributed by atoms with Crippen molar-refractivity contribution in [1.29, 1.82) is 0 Å². The van der Waals surface area contributed by atoms with Gasteiger partial charge in [0.1, 0.15) is 12.2 Å². The van der Waals surface area contributed by atoms with Crippen LogP contribution < -0.4 is 11.1 Å². The molecule has 1 amide bonds. The molecule has 0 unspecified atom stereocenters. The van der Waals surface area contributed by atoms with E-state index < -0.39 is 29.0 Å². The normalized spacial score (nSPS) is 9.65. The Bertz CT molecular complexity index is 486. The Morgan fingerprint density at radius 3 is 2.59 bits per heavy atom. The van der Waals surface area contributed by atoms with Crippen molar-refractivity contribution in [2.45, 2.75) is 0 Å². The molecule has 4 N–H and O–H groups in total. The number of nitro groups is 1. The smallest absolute Gasteiger partial charge is 0.322 e. The molecule has 1 rings (SSSR count). The van der Waals surface area contributed by atoms with Crippen LogP contribution in [0.1, 0.15) is 10.4 Å². The van der Waals surface area contributed by atoms with Crippen LogP contribution in [0.2, 0.25) is 0 Å². The van der Waals surface area contributed by atoms with E-state index in [0.29, 0.717) is 0 Å². The maximum absolute atomic E-state index is 10.8. The van der Waals surface area contributed by atoms with Crippen molar-refractivity contribution in [3.63, 3.8) is 0 Å². The summed E-state index contributed by atoms with van der Waals surface area (Å²) in [4.78, 5) is 31.1. The van der Waals surface area contributed by atoms with Gasteiger partial charge in [0.25, 0.3) is 5.69 Å². The lowest BCUT2D eigenvalue weighted by atomic mass is 10.1. The number of carboxylic acids is 1. The van der Waals surface area contributed by atoms with Gasteiger partial charge in [-0.25, -0.2) is 0 Å². The van der Waals surface area contributed by atoms with E-state index in [1.54, 1.807) is 0 Å². The Balaban J connectivity index is 3.08. The van der Waals surface area contributed by atoms with E-state index in [1.807, 2.05) is 0 Å². The van der Waals surface area contributed by atoms with Crippen LogP contribution in [0.15, 0.2) is 18.2 Å². The number of nitro benzene ring substituents is 1. The fraction of sp³-hybridized carbons (Fsp3) is 0.111. The van der Waals surface area contributed by atoms with Crippen LogP contribution in [-0.4, -0.2) is 28.5 Å². The summed E-state index contributed by atoms with van der Waals surface area (Å²) in [5.41, 5.74) is 4.58. The molecule has 0 saturated carbocycles. The molecule has 90 valence electrons. The number of amides is 1. The third kappa shape index (κ3) is 3.16. The second kappa shape index (κ2) is 4.92. The SMILES string of the molecule is NC(=O)c1ccc(NCC(=O)O)c([N+](=O)[O-])c1. The van der Waals surface area contributed by atoms with Gasteiger partial charge in [0.05, 0.1) is 4.92 Å². The highest BCUT2D eigenvalue weighted by Gasteiger charge is 2.16. The average Bonchev–Trinajstić information content (AvgIpc) is 2.25. The van der Waals surface area contributed by atoms with Crippen molar-refractivity contribution in [3.05, 3.63) is 33.9 Å². The van der Waals surface area contributed by atoms with Crippen molar-refractivity contribution in [3.8, 4) is 0 Å².